The Bertz CT molecular complexity index is 203. The number of hydrogen-bond donors (Lipinski definition) is 0. The summed E-state index contributed by atoms with van der Waals surface area (Å²) in [5.41, 5.74) is 0. The Labute approximate surface area is 77.2 Å². The molecule has 1 aromatic rings. The molecule has 11 heavy (non-hydrogen) atoms. The summed E-state index contributed by atoms with van der Waals surface area (Å²) in [5.74, 6) is 0. The summed E-state index contributed by atoms with van der Waals surface area (Å²) in [7, 11) is 0. The Morgan fingerprint density at radius 1 is 1.45 bits per heavy atom. The van der Waals surface area contributed by atoms with Crippen molar-refractivity contribution in [3.05, 3.63) is 23.5 Å². The van der Waals surface area contributed by atoms with Crippen LogP contribution >= 0.6 is 23.4 Å². The smallest absolute Gasteiger partial charge is 0.142 e. The van der Waals surface area contributed by atoms with E-state index in [0.29, 0.717) is 5.15 Å². The van der Waals surface area contributed by atoms with E-state index in [9.17, 15) is 0 Å². The van der Waals surface area contributed by atoms with E-state index >= 15 is 0 Å². The molecule has 0 saturated heterocycles. The van der Waals surface area contributed by atoms with Crippen molar-refractivity contribution in [2.24, 2.45) is 0 Å². The van der Waals surface area contributed by atoms with E-state index in [2.05, 4.69) is 4.98 Å². The Morgan fingerprint density at radius 3 is 2.45 bits per heavy atom. The van der Waals surface area contributed by atoms with Crippen molar-refractivity contribution in [1.82, 2.24) is 4.98 Å². The van der Waals surface area contributed by atoms with Crippen molar-refractivity contribution in [1.29, 1.82) is 0 Å². The van der Waals surface area contributed by atoms with E-state index in [-0.39, 0.29) is 0 Å². The lowest BCUT2D eigenvalue weighted by molar-refractivity contribution is 1.24. The van der Waals surface area contributed by atoms with Crippen LogP contribution in [0.25, 0.3) is 0 Å². The minimum absolute atomic E-state index is 0.588. The molecule has 0 aliphatic rings. The zero-order valence-corrected chi connectivity index (χ0v) is 8.54. The molecule has 0 N–H and O–H groups in total. The number of thioether (sulfide) groups is 1. The average Bonchev–Trinajstić information content (AvgIpc) is 2.09. The molecule has 0 spiro atoms. The van der Waals surface area contributed by atoms with E-state index in [1.807, 2.05) is 32.2 Å². The Morgan fingerprint density at radius 2 is 2.09 bits per heavy atom. The molecule has 0 radical (unpaired) electrons. The summed E-state index contributed by atoms with van der Waals surface area (Å²) in [6.45, 7) is 4.00. The second kappa shape index (κ2) is 6.50. The summed E-state index contributed by atoms with van der Waals surface area (Å²) < 4.78 is 0. The summed E-state index contributed by atoms with van der Waals surface area (Å²) in [6, 6.07) is 3.82. The van der Waals surface area contributed by atoms with Gasteiger partial charge in [-0.05, 0) is 18.4 Å². The average molecular weight is 190 g/mol. The van der Waals surface area contributed by atoms with Crippen molar-refractivity contribution in [3.8, 4) is 0 Å². The lowest BCUT2D eigenvalue weighted by atomic mass is 10.5. The molecule has 1 aromatic heterocycles. The number of pyridine rings is 1. The fourth-order valence-electron chi connectivity index (χ4n) is 0.524. The first-order valence-electron chi connectivity index (χ1n) is 3.49. The molecule has 0 amide bonds. The molecule has 0 aliphatic heterocycles. The second-order valence-electron chi connectivity index (χ2n) is 1.50. The summed E-state index contributed by atoms with van der Waals surface area (Å²) >= 11 is 7.29. The minimum atomic E-state index is 0.588. The van der Waals surface area contributed by atoms with Gasteiger partial charge in [0.05, 0.1) is 0 Å². The molecule has 1 nitrogen and oxygen atoms in total. The van der Waals surface area contributed by atoms with Crippen LogP contribution in [0.5, 0.6) is 0 Å². The molecular formula is C8H12ClNS. The summed E-state index contributed by atoms with van der Waals surface area (Å²) in [4.78, 5) is 4.92. The van der Waals surface area contributed by atoms with Crippen LogP contribution in [0.3, 0.4) is 0 Å². The molecular weight excluding hydrogens is 178 g/mol. The van der Waals surface area contributed by atoms with Gasteiger partial charge in [0.1, 0.15) is 5.15 Å². The van der Waals surface area contributed by atoms with Crippen molar-refractivity contribution >= 4 is 23.4 Å². The molecule has 62 valence electrons. The fraction of sp³-hybridized carbons (Fsp3) is 0.375. The number of aromatic nitrogens is 1. The maximum Gasteiger partial charge on any atom is 0.142 e. The van der Waals surface area contributed by atoms with Crippen LogP contribution in [-0.4, -0.2) is 11.2 Å². The topological polar surface area (TPSA) is 12.9 Å². The molecule has 0 unspecified atom stereocenters. The Hall–Kier alpha value is -0.210. The SMILES string of the molecule is CC.CSc1cccnc1Cl. The van der Waals surface area contributed by atoms with Gasteiger partial charge in [-0.25, -0.2) is 4.98 Å². The number of halogens is 1. The molecule has 0 bridgehead atoms. The Kier molecular flexibility index (Phi) is 6.37. The van der Waals surface area contributed by atoms with Gasteiger partial charge in [-0.3, -0.25) is 0 Å². The van der Waals surface area contributed by atoms with Gasteiger partial charge in [0, 0.05) is 11.1 Å². The number of hydrogen-bond acceptors (Lipinski definition) is 2. The quantitative estimate of drug-likeness (QED) is 0.496. The number of rotatable bonds is 1. The van der Waals surface area contributed by atoms with E-state index in [1.165, 1.54) is 0 Å². The predicted octanol–water partition coefficient (Wildman–Crippen LogP) is 3.48. The van der Waals surface area contributed by atoms with Crippen LogP contribution in [-0.2, 0) is 0 Å². The maximum atomic E-state index is 5.69. The van der Waals surface area contributed by atoms with E-state index in [4.69, 9.17) is 11.6 Å². The normalized spacial score (nSPS) is 8.36. The third kappa shape index (κ3) is 3.63. The molecule has 1 rings (SSSR count). The molecule has 1 heterocycles. The van der Waals surface area contributed by atoms with Crippen LogP contribution in [0.4, 0.5) is 0 Å². The highest BCUT2D eigenvalue weighted by Crippen LogP contribution is 2.21. The summed E-state index contributed by atoms with van der Waals surface area (Å²) in [6.07, 6.45) is 3.66. The highest BCUT2D eigenvalue weighted by atomic mass is 35.5. The van der Waals surface area contributed by atoms with Gasteiger partial charge < -0.3 is 0 Å². The first-order valence-corrected chi connectivity index (χ1v) is 5.09. The summed E-state index contributed by atoms with van der Waals surface area (Å²) in [5, 5.41) is 0.588. The van der Waals surface area contributed by atoms with Crippen LogP contribution in [0, 0.1) is 0 Å². The van der Waals surface area contributed by atoms with Crippen LogP contribution in [0.2, 0.25) is 5.15 Å². The van der Waals surface area contributed by atoms with Crippen LogP contribution in [0.15, 0.2) is 23.2 Å². The number of nitrogens with zero attached hydrogens (tertiary/aromatic N) is 1. The second-order valence-corrected chi connectivity index (χ2v) is 2.70. The molecule has 0 aromatic carbocycles. The van der Waals surface area contributed by atoms with Gasteiger partial charge in [-0.15, -0.1) is 11.8 Å². The first kappa shape index (κ1) is 10.8. The first-order chi connectivity index (χ1) is 5.34. The predicted molar refractivity (Wildman–Crippen MR) is 52.4 cm³/mol. The highest BCUT2D eigenvalue weighted by Gasteiger charge is 1.94. The molecule has 0 saturated carbocycles. The van der Waals surface area contributed by atoms with E-state index in [0.717, 1.165) is 4.90 Å². The molecule has 0 atom stereocenters. The third-order valence-electron chi connectivity index (χ3n) is 0.945. The van der Waals surface area contributed by atoms with Gasteiger partial charge in [-0.2, -0.15) is 0 Å². The molecule has 0 fully saturated rings. The van der Waals surface area contributed by atoms with Crippen LogP contribution < -0.4 is 0 Å². The largest absolute Gasteiger partial charge is 0.243 e. The molecule has 3 heteroatoms. The maximum absolute atomic E-state index is 5.69. The van der Waals surface area contributed by atoms with Gasteiger partial charge in [-0.1, -0.05) is 25.4 Å². The minimum Gasteiger partial charge on any atom is -0.243 e. The zero-order valence-electron chi connectivity index (χ0n) is 6.97. The standard InChI is InChI=1S/C6H6ClNS.C2H6/c1-9-5-3-2-4-8-6(5)7;1-2/h2-4H,1H3;1-2H3. The van der Waals surface area contributed by atoms with Gasteiger partial charge >= 0.3 is 0 Å². The third-order valence-corrected chi connectivity index (χ3v) is 2.13. The molecule has 0 aliphatic carbocycles. The lowest BCUT2D eigenvalue weighted by Crippen LogP contribution is -1.75. The van der Waals surface area contributed by atoms with E-state index in [1.54, 1.807) is 18.0 Å². The van der Waals surface area contributed by atoms with Gasteiger partial charge in [0.25, 0.3) is 0 Å². The highest BCUT2D eigenvalue weighted by molar-refractivity contribution is 7.98. The fourth-order valence-corrected chi connectivity index (χ4v) is 1.31. The lowest BCUT2D eigenvalue weighted by Gasteiger charge is -1.94. The zero-order chi connectivity index (χ0) is 8.69. The van der Waals surface area contributed by atoms with Crippen molar-refractivity contribution in [2.45, 2.75) is 18.7 Å². The van der Waals surface area contributed by atoms with Crippen LogP contribution in [0.1, 0.15) is 13.8 Å². The van der Waals surface area contributed by atoms with Gasteiger partial charge in [0.2, 0.25) is 0 Å². The van der Waals surface area contributed by atoms with Gasteiger partial charge in [0.15, 0.2) is 0 Å². The van der Waals surface area contributed by atoms with Crippen molar-refractivity contribution in [2.75, 3.05) is 6.26 Å². The Balaban J connectivity index is 0.000000461. The monoisotopic (exact) mass is 189 g/mol. The van der Waals surface area contributed by atoms with Crippen molar-refractivity contribution < 1.29 is 0 Å². The van der Waals surface area contributed by atoms with Crippen molar-refractivity contribution in [3.63, 3.8) is 0 Å². The van der Waals surface area contributed by atoms with E-state index < -0.39 is 0 Å².